The lowest BCUT2D eigenvalue weighted by Crippen LogP contribution is -1.94. The van der Waals surface area contributed by atoms with Crippen LogP contribution in [0.25, 0.3) is 32.8 Å². The van der Waals surface area contributed by atoms with Crippen LogP contribution < -0.4 is 0 Å². The van der Waals surface area contributed by atoms with Crippen molar-refractivity contribution in [3.63, 3.8) is 0 Å². The number of para-hydroxylation sites is 1. The lowest BCUT2D eigenvalue weighted by molar-refractivity contribution is 0.477. The number of aliphatic imine (C=N–C) groups is 1. The van der Waals surface area contributed by atoms with Crippen LogP contribution in [0, 0.1) is 0 Å². The number of hydrogen-bond acceptors (Lipinski definition) is 4. The van der Waals surface area contributed by atoms with Crippen molar-refractivity contribution in [3.8, 4) is 22.8 Å². The molecule has 5 aromatic rings. The highest BCUT2D eigenvalue weighted by molar-refractivity contribution is 6.01. The van der Waals surface area contributed by atoms with Gasteiger partial charge in [0.25, 0.3) is 0 Å². The first-order chi connectivity index (χ1) is 14.7. The van der Waals surface area contributed by atoms with Crippen molar-refractivity contribution in [1.29, 1.82) is 0 Å². The third-order valence-corrected chi connectivity index (χ3v) is 5.12. The molecule has 1 aromatic heterocycles. The molecule has 30 heavy (non-hydrogen) atoms. The normalized spacial score (nSPS) is 11.5. The number of fused-ring (bicyclic) bond motifs is 2. The van der Waals surface area contributed by atoms with Crippen LogP contribution in [0.5, 0.6) is 11.5 Å². The van der Waals surface area contributed by atoms with Crippen molar-refractivity contribution >= 4 is 33.4 Å². The van der Waals surface area contributed by atoms with Crippen molar-refractivity contribution < 1.29 is 10.2 Å². The van der Waals surface area contributed by atoms with E-state index < -0.39 is 0 Å². The second-order valence-corrected chi connectivity index (χ2v) is 7.04. The fraction of sp³-hybridized carbons (Fsp3) is 0. The predicted octanol–water partition coefficient (Wildman–Crippen LogP) is 6.22. The van der Waals surface area contributed by atoms with Gasteiger partial charge in [-0.2, -0.15) is 0 Å². The summed E-state index contributed by atoms with van der Waals surface area (Å²) in [6, 6.07) is 28.2. The largest absolute Gasteiger partial charge is 0.507 e. The summed E-state index contributed by atoms with van der Waals surface area (Å²) in [5.74, 6) is 0.379. The van der Waals surface area contributed by atoms with E-state index in [9.17, 15) is 10.2 Å². The minimum atomic E-state index is 0.184. The molecule has 5 rings (SSSR count). The summed E-state index contributed by atoms with van der Waals surface area (Å²) >= 11 is 0. The van der Waals surface area contributed by atoms with Crippen molar-refractivity contribution in [1.82, 2.24) is 4.98 Å². The molecule has 4 nitrogen and oxygen atoms in total. The molecule has 4 heteroatoms. The van der Waals surface area contributed by atoms with Gasteiger partial charge in [-0.15, -0.1) is 0 Å². The van der Waals surface area contributed by atoms with E-state index in [1.165, 1.54) is 0 Å². The molecular weight excluding hydrogens is 372 g/mol. The first kappa shape index (κ1) is 17.9. The molecule has 0 aliphatic carbocycles. The number of phenolic OH excluding ortho intramolecular Hbond substituents is 2. The molecule has 0 amide bonds. The average molecular weight is 390 g/mol. The maximum atomic E-state index is 10.4. The molecular formula is C26H18N2O2. The monoisotopic (exact) mass is 390 g/mol. The summed E-state index contributed by atoms with van der Waals surface area (Å²) in [5.41, 5.74) is 2.71. The van der Waals surface area contributed by atoms with Crippen molar-refractivity contribution in [2.45, 2.75) is 0 Å². The molecule has 0 unspecified atom stereocenters. The molecule has 4 aromatic carbocycles. The quantitative estimate of drug-likeness (QED) is 0.360. The summed E-state index contributed by atoms with van der Waals surface area (Å²) in [4.78, 5) is 9.40. The van der Waals surface area contributed by atoms with Crippen LogP contribution in [-0.4, -0.2) is 21.4 Å². The summed E-state index contributed by atoms with van der Waals surface area (Å²) in [6.45, 7) is 0. The van der Waals surface area contributed by atoms with Gasteiger partial charge in [-0.05, 0) is 41.1 Å². The molecule has 0 bridgehead atoms. The van der Waals surface area contributed by atoms with Crippen LogP contribution in [0.4, 0.5) is 5.69 Å². The minimum Gasteiger partial charge on any atom is -0.507 e. The van der Waals surface area contributed by atoms with E-state index >= 15 is 0 Å². The van der Waals surface area contributed by atoms with Gasteiger partial charge in [0.1, 0.15) is 11.5 Å². The molecule has 1 heterocycles. The number of aromatic hydroxyl groups is 2. The number of rotatable bonds is 3. The zero-order valence-corrected chi connectivity index (χ0v) is 16.0. The summed E-state index contributed by atoms with van der Waals surface area (Å²) in [7, 11) is 0. The van der Waals surface area contributed by atoms with Crippen LogP contribution in [-0.2, 0) is 0 Å². The average Bonchev–Trinajstić information content (AvgIpc) is 2.77. The summed E-state index contributed by atoms with van der Waals surface area (Å²) in [6.07, 6.45) is 1.69. The Hall–Kier alpha value is -4.18. The van der Waals surface area contributed by atoms with Crippen molar-refractivity contribution in [2.75, 3.05) is 0 Å². The Bertz CT molecular complexity index is 1420. The van der Waals surface area contributed by atoms with Crippen LogP contribution in [0.15, 0.2) is 96.0 Å². The third kappa shape index (κ3) is 3.14. The summed E-state index contributed by atoms with van der Waals surface area (Å²) < 4.78 is 0. The maximum absolute atomic E-state index is 10.4. The standard InChI is InChI=1S/C26H18N2O2/c29-23-13-4-3-11-21(23)26-20-10-2-1-7-18(20)15-19(28-26)16-27-22-12-5-8-17-9-6-14-24(30)25(17)22/h1-16,29-30H. The first-order valence-corrected chi connectivity index (χ1v) is 9.63. The number of hydrogen-bond donors (Lipinski definition) is 2. The lowest BCUT2D eigenvalue weighted by Gasteiger charge is -2.09. The Kier molecular flexibility index (Phi) is 4.37. The van der Waals surface area contributed by atoms with E-state index in [0.717, 1.165) is 16.2 Å². The second-order valence-electron chi connectivity index (χ2n) is 7.04. The van der Waals surface area contributed by atoms with Gasteiger partial charge in [0.05, 0.1) is 23.3 Å². The fourth-order valence-corrected chi connectivity index (χ4v) is 3.71. The number of nitrogens with zero attached hydrogens (tertiary/aromatic N) is 2. The van der Waals surface area contributed by atoms with Crippen LogP contribution in [0.1, 0.15) is 5.69 Å². The van der Waals surface area contributed by atoms with E-state index in [0.29, 0.717) is 28.0 Å². The lowest BCUT2D eigenvalue weighted by atomic mass is 10.0. The maximum Gasteiger partial charge on any atom is 0.125 e. The van der Waals surface area contributed by atoms with Gasteiger partial charge in [-0.1, -0.05) is 60.7 Å². The van der Waals surface area contributed by atoms with Gasteiger partial charge < -0.3 is 10.2 Å². The second kappa shape index (κ2) is 7.33. The van der Waals surface area contributed by atoms with E-state index in [2.05, 4.69) is 4.99 Å². The predicted molar refractivity (Wildman–Crippen MR) is 122 cm³/mol. The van der Waals surface area contributed by atoms with Crippen LogP contribution in [0.2, 0.25) is 0 Å². The van der Waals surface area contributed by atoms with Crippen molar-refractivity contribution in [2.24, 2.45) is 4.99 Å². The van der Waals surface area contributed by atoms with Crippen LogP contribution >= 0.6 is 0 Å². The first-order valence-electron chi connectivity index (χ1n) is 9.63. The SMILES string of the molecule is Oc1ccccc1-c1nc(C=Nc2cccc3cccc(O)c23)cc2ccccc12. The highest BCUT2D eigenvalue weighted by atomic mass is 16.3. The van der Waals surface area contributed by atoms with E-state index in [4.69, 9.17) is 4.98 Å². The zero-order chi connectivity index (χ0) is 20.5. The van der Waals surface area contributed by atoms with Gasteiger partial charge >= 0.3 is 0 Å². The molecule has 144 valence electrons. The number of pyridine rings is 1. The Morgan fingerprint density at radius 3 is 2.27 bits per heavy atom. The van der Waals surface area contributed by atoms with Gasteiger partial charge in [-0.3, -0.25) is 4.99 Å². The van der Waals surface area contributed by atoms with Crippen LogP contribution in [0.3, 0.4) is 0 Å². The molecule has 0 fully saturated rings. The molecule has 2 N–H and O–H groups in total. The van der Waals surface area contributed by atoms with E-state index in [-0.39, 0.29) is 11.5 Å². The number of phenols is 2. The Balaban J connectivity index is 1.67. The van der Waals surface area contributed by atoms with Gasteiger partial charge in [0.15, 0.2) is 0 Å². The van der Waals surface area contributed by atoms with E-state index in [1.54, 1.807) is 24.4 Å². The Labute approximate surface area is 173 Å². The molecule has 0 saturated carbocycles. The third-order valence-electron chi connectivity index (χ3n) is 5.12. The molecule has 0 spiro atoms. The molecule has 0 saturated heterocycles. The van der Waals surface area contributed by atoms with Crippen molar-refractivity contribution in [3.05, 3.63) is 96.7 Å². The molecule has 0 aliphatic heterocycles. The van der Waals surface area contributed by atoms with Gasteiger partial charge in [-0.25, -0.2) is 4.98 Å². The summed E-state index contributed by atoms with van der Waals surface area (Å²) in [5, 5.41) is 24.3. The molecule has 0 atom stereocenters. The molecule has 0 radical (unpaired) electrons. The fourth-order valence-electron chi connectivity index (χ4n) is 3.71. The highest BCUT2D eigenvalue weighted by Crippen LogP contribution is 2.35. The Morgan fingerprint density at radius 1 is 0.700 bits per heavy atom. The molecule has 0 aliphatic rings. The zero-order valence-electron chi connectivity index (χ0n) is 16.0. The topological polar surface area (TPSA) is 65.7 Å². The highest BCUT2D eigenvalue weighted by Gasteiger charge is 2.11. The smallest absolute Gasteiger partial charge is 0.125 e. The minimum absolute atomic E-state index is 0.184. The van der Waals surface area contributed by atoms with Gasteiger partial charge in [0, 0.05) is 16.3 Å². The number of aromatic nitrogens is 1. The Morgan fingerprint density at radius 2 is 1.40 bits per heavy atom. The van der Waals surface area contributed by atoms with Gasteiger partial charge in [0.2, 0.25) is 0 Å². The van der Waals surface area contributed by atoms with E-state index in [1.807, 2.05) is 72.8 Å². The number of benzene rings is 4.